The molecule has 0 saturated carbocycles. The molecule has 0 spiro atoms. The van der Waals surface area contributed by atoms with Crippen molar-refractivity contribution in [1.29, 1.82) is 0 Å². The Morgan fingerprint density at radius 2 is 1.92 bits per heavy atom. The zero-order valence-corrected chi connectivity index (χ0v) is 15.5. The largest absolute Gasteiger partial charge is 0.494 e. The Hall–Kier alpha value is -2.66. The van der Waals surface area contributed by atoms with Gasteiger partial charge in [0.1, 0.15) is 10.8 Å². The van der Waals surface area contributed by atoms with Gasteiger partial charge >= 0.3 is 5.97 Å². The highest BCUT2D eigenvalue weighted by atomic mass is 32.1. The molecule has 0 aliphatic heterocycles. The molecular formula is C21H21NO3S. The Labute approximate surface area is 156 Å². The molecule has 26 heavy (non-hydrogen) atoms. The van der Waals surface area contributed by atoms with Gasteiger partial charge < -0.3 is 9.84 Å². The topological polar surface area (TPSA) is 59.4 Å². The van der Waals surface area contributed by atoms with E-state index >= 15 is 0 Å². The number of aromatic nitrogens is 1. The van der Waals surface area contributed by atoms with E-state index in [1.54, 1.807) is 11.3 Å². The molecule has 134 valence electrons. The molecule has 1 aromatic heterocycles. The second-order valence-corrected chi connectivity index (χ2v) is 7.00. The molecule has 0 aliphatic carbocycles. The highest BCUT2D eigenvalue weighted by Gasteiger charge is 2.11. The van der Waals surface area contributed by atoms with Gasteiger partial charge in [-0.2, -0.15) is 0 Å². The number of rotatable bonds is 8. The molecule has 0 fully saturated rings. The van der Waals surface area contributed by atoms with Gasteiger partial charge in [0.05, 0.1) is 16.8 Å². The van der Waals surface area contributed by atoms with Crippen LogP contribution >= 0.6 is 11.3 Å². The van der Waals surface area contributed by atoms with Crippen LogP contribution < -0.4 is 4.74 Å². The number of ether oxygens (including phenoxy) is 1. The Balaban J connectivity index is 1.89. The first kappa shape index (κ1) is 18.1. The van der Waals surface area contributed by atoms with Crippen molar-refractivity contribution < 1.29 is 14.6 Å². The van der Waals surface area contributed by atoms with Crippen LogP contribution in [0.1, 0.15) is 36.8 Å². The van der Waals surface area contributed by atoms with E-state index in [4.69, 9.17) is 9.84 Å². The molecule has 0 unspecified atom stereocenters. The van der Waals surface area contributed by atoms with Crippen LogP contribution in [0.15, 0.2) is 48.5 Å². The number of aliphatic carboxylic acids is 1. The van der Waals surface area contributed by atoms with Crippen LogP contribution in [-0.2, 0) is 4.79 Å². The van der Waals surface area contributed by atoms with Crippen molar-refractivity contribution >= 4 is 39.2 Å². The molecule has 1 N–H and O–H groups in total. The number of carbonyl (C=O) groups is 1. The zero-order valence-electron chi connectivity index (χ0n) is 14.6. The third-order valence-corrected chi connectivity index (χ3v) is 4.98. The van der Waals surface area contributed by atoms with Crippen molar-refractivity contribution in [2.75, 3.05) is 6.61 Å². The Kier molecular flexibility index (Phi) is 6.02. The minimum absolute atomic E-state index is 0.0828. The first-order chi connectivity index (χ1) is 12.7. The maximum absolute atomic E-state index is 11.0. The van der Waals surface area contributed by atoms with E-state index in [-0.39, 0.29) is 6.42 Å². The molecular weight excluding hydrogens is 346 g/mol. The van der Waals surface area contributed by atoms with Crippen molar-refractivity contribution in [2.45, 2.75) is 26.2 Å². The standard InChI is InChI=1S/C21H21NO3S/c1-2-13-25-17-10-7-15(8-11-17)14-16(9-12-20(23)24)21-22-18-5-3-4-6-19(18)26-21/h3-8,10-11,14H,2,9,12-13H2,1H3,(H,23,24)/b16-14+. The molecule has 0 radical (unpaired) electrons. The number of benzene rings is 2. The summed E-state index contributed by atoms with van der Waals surface area (Å²) in [5.74, 6) is 0.0383. The van der Waals surface area contributed by atoms with E-state index in [2.05, 4.69) is 11.9 Å². The SMILES string of the molecule is CCCOc1ccc(/C=C(\CCC(=O)O)c2nc3ccccc3s2)cc1. The summed E-state index contributed by atoms with van der Waals surface area (Å²) < 4.78 is 6.71. The molecule has 4 nitrogen and oxygen atoms in total. The number of hydrogen-bond donors (Lipinski definition) is 1. The third kappa shape index (κ3) is 4.70. The average Bonchev–Trinajstić information content (AvgIpc) is 3.08. The normalized spacial score (nSPS) is 11.7. The second kappa shape index (κ2) is 8.63. The molecule has 2 aromatic carbocycles. The van der Waals surface area contributed by atoms with Gasteiger partial charge in [0.15, 0.2) is 0 Å². The number of carboxylic acids is 1. The maximum atomic E-state index is 11.0. The molecule has 0 saturated heterocycles. The van der Waals surface area contributed by atoms with Crippen molar-refractivity contribution in [3.63, 3.8) is 0 Å². The molecule has 3 rings (SSSR count). The molecule has 0 atom stereocenters. The van der Waals surface area contributed by atoms with Crippen molar-refractivity contribution in [2.24, 2.45) is 0 Å². The average molecular weight is 367 g/mol. The number of para-hydroxylation sites is 1. The van der Waals surface area contributed by atoms with Gasteiger partial charge in [-0.15, -0.1) is 11.3 Å². The Bertz CT molecular complexity index is 879. The van der Waals surface area contributed by atoms with Crippen LogP contribution in [0.5, 0.6) is 5.75 Å². The summed E-state index contributed by atoms with van der Waals surface area (Å²) >= 11 is 1.59. The van der Waals surface area contributed by atoms with E-state index < -0.39 is 5.97 Å². The van der Waals surface area contributed by atoms with E-state index in [1.165, 1.54) is 0 Å². The summed E-state index contributed by atoms with van der Waals surface area (Å²) in [7, 11) is 0. The minimum Gasteiger partial charge on any atom is -0.494 e. The fraction of sp³-hybridized carbons (Fsp3) is 0.238. The predicted molar refractivity (Wildman–Crippen MR) is 107 cm³/mol. The van der Waals surface area contributed by atoms with Gasteiger partial charge in [-0.05, 0) is 54.3 Å². The maximum Gasteiger partial charge on any atom is 0.303 e. The van der Waals surface area contributed by atoms with Crippen LogP contribution in [-0.4, -0.2) is 22.7 Å². The molecule has 1 heterocycles. The number of fused-ring (bicyclic) bond motifs is 1. The monoisotopic (exact) mass is 367 g/mol. The van der Waals surface area contributed by atoms with Crippen LogP contribution in [0.4, 0.5) is 0 Å². The minimum atomic E-state index is -0.805. The third-order valence-electron chi connectivity index (χ3n) is 3.87. The highest BCUT2D eigenvalue weighted by Crippen LogP contribution is 2.31. The van der Waals surface area contributed by atoms with Gasteiger partial charge in [0.2, 0.25) is 0 Å². The van der Waals surface area contributed by atoms with E-state index in [0.717, 1.165) is 38.5 Å². The first-order valence-electron chi connectivity index (χ1n) is 8.67. The van der Waals surface area contributed by atoms with Crippen molar-refractivity contribution in [3.05, 3.63) is 59.1 Å². The molecule has 0 aliphatic rings. The zero-order chi connectivity index (χ0) is 18.4. The van der Waals surface area contributed by atoms with Gasteiger partial charge in [-0.25, -0.2) is 4.98 Å². The van der Waals surface area contributed by atoms with Crippen molar-refractivity contribution in [1.82, 2.24) is 4.98 Å². The highest BCUT2D eigenvalue weighted by molar-refractivity contribution is 7.19. The summed E-state index contributed by atoms with van der Waals surface area (Å²) in [6.45, 7) is 2.77. The lowest BCUT2D eigenvalue weighted by Gasteiger charge is -2.06. The fourth-order valence-electron chi connectivity index (χ4n) is 2.57. The van der Waals surface area contributed by atoms with Crippen LogP contribution in [0.25, 0.3) is 21.9 Å². The Morgan fingerprint density at radius 1 is 1.15 bits per heavy atom. The number of hydrogen-bond acceptors (Lipinski definition) is 4. The summed E-state index contributed by atoms with van der Waals surface area (Å²) in [4.78, 5) is 15.7. The van der Waals surface area contributed by atoms with Crippen LogP contribution in [0, 0.1) is 0 Å². The van der Waals surface area contributed by atoms with E-state index in [9.17, 15) is 4.79 Å². The number of nitrogens with zero attached hydrogens (tertiary/aromatic N) is 1. The lowest BCUT2D eigenvalue weighted by molar-refractivity contribution is -0.136. The number of thiazole rings is 1. The van der Waals surface area contributed by atoms with Crippen LogP contribution in [0.3, 0.4) is 0 Å². The molecule has 3 aromatic rings. The summed E-state index contributed by atoms with van der Waals surface area (Å²) in [5.41, 5.74) is 2.89. The van der Waals surface area contributed by atoms with Gasteiger partial charge in [-0.1, -0.05) is 31.2 Å². The van der Waals surface area contributed by atoms with Gasteiger partial charge in [0.25, 0.3) is 0 Å². The molecule has 0 bridgehead atoms. The predicted octanol–water partition coefficient (Wildman–Crippen LogP) is 5.49. The van der Waals surface area contributed by atoms with Gasteiger partial charge in [-0.3, -0.25) is 4.79 Å². The smallest absolute Gasteiger partial charge is 0.303 e. The molecule has 0 amide bonds. The van der Waals surface area contributed by atoms with Crippen LogP contribution in [0.2, 0.25) is 0 Å². The summed E-state index contributed by atoms with van der Waals surface area (Å²) in [6, 6.07) is 15.8. The first-order valence-corrected chi connectivity index (χ1v) is 9.48. The van der Waals surface area contributed by atoms with Gasteiger partial charge in [0, 0.05) is 6.42 Å². The Morgan fingerprint density at radius 3 is 2.62 bits per heavy atom. The lowest BCUT2D eigenvalue weighted by Crippen LogP contribution is -1.96. The van der Waals surface area contributed by atoms with E-state index in [1.807, 2.05) is 54.6 Å². The quantitative estimate of drug-likeness (QED) is 0.572. The number of carboxylic acid groups (broad SMARTS) is 1. The van der Waals surface area contributed by atoms with E-state index in [0.29, 0.717) is 13.0 Å². The number of allylic oxidation sites excluding steroid dienone is 1. The summed E-state index contributed by atoms with van der Waals surface area (Å²) in [5, 5.41) is 9.95. The summed E-state index contributed by atoms with van der Waals surface area (Å²) in [6.07, 6.45) is 3.52. The fourth-order valence-corrected chi connectivity index (χ4v) is 3.58. The van der Waals surface area contributed by atoms with Crippen molar-refractivity contribution in [3.8, 4) is 5.75 Å². The lowest BCUT2D eigenvalue weighted by atomic mass is 10.1. The second-order valence-electron chi connectivity index (χ2n) is 5.97. The molecule has 5 heteroatoms.